The summed E-state index contributed by atoms with van der Waals surface area (Å²) in [6.07, 6.45) is 3.59. The third kappa shape index (κ3) is 2.23. The molecule has 2 aromatic heterocycles. The van der Waals surface area contributed by atoms with Crippen LogP contribution >= 0.6 is 0 Å². The van der Waals surface area contributed by atoms with Crippen molar-refractivity contribution in [1.29, 1.82) is 0 Å². The molecule has 0 aliphatic rings. The predicted octanol–water partition coefficient (Wildman–Crippen LogP) is 1.61. The van der Waals surface area contributed by atoms with Gasteiger partial charge in [0.2, 0.25) is 5.89 Å². The quantitative estimate of drug-likeness (QED) is 0.749. The lowest BCUT2D eigenvalue weighted by Gasteiger charge is -2.10. The topological polar surface area (TPSA) is 56.7 Å². The van der Waals surface area contributed by atoms with Crippen molar-refractivity contribution >= 4 is 0 Å². The fourth-order valence-electron chi connectivity index (χ4n) is 1.16. The lowest BCUT2D eigenvalue weighted by molar-refractivity contribution is 0.353. The third-order valence-electron chi connectivity index (χ3n) is 2.00. The molecule has 0 saturated carbocycles. The first-order valence-electron chi connectivity index (χ1n) is 4.86. The SMILES string of the molecule is CC(C)(C)c1noc(Cn2cccn2)n1. The molecule has 0 atom stereocenters. The largest absolute Gasteiger partial charge is 0.337 e. The molecule has 0 radical (unpaired) electrons. The molecular formula is C10H14N4O. The minimum absolute atomic E-state index is 0.0775. The highest BCUT2D eigenvalue weighted by Crippen LogP contribution is 2.18. The highest BCUT2D eigenvalue weighted by molar-refractivity contribution is 5.00. The molecule has 0 fully saturated rings. The van der Waals surface area contributed by atoms with Gasteiger partial charge in [-0.05, 0) is 6.07 Å². The molecule has 0 aliphatic carbocycles. The Kier molecular flexibility index (Phi) is 2.30. The molecule has 0 N–H and O–H groups in total. The summed E-state index contributed by atoms with van der Waals surface area (Å²) in [5.74, 6) is 1.31. The molecule has 0 aliphatic heterocycles. The van der Waals surface area contributed by atoms with Crippen molar-refractivity contribution in [2.75, 3.05) is 0 Å². The molecule has 0 bridgehead atoms. The van der Waals surface area contributed by atoms with Crippen LogP contribution in [0.15, 0.2) is 23.0 Å². The first-order valence-corrected chi connectivity index (χ1v) is 4.86. The molecule has 0 amide bonds. The molecule has 15 heavy (non-hydrogen) atoms. The Labute approximate surface area is 88.1 Å². The van der Waals surface area contributed by atoms with E-state index in [-0.39, 0.29) is 5.41 Å². The van der Waals surface area contributed by atoms with E-state index in [1.54, 1.807) is 10.9 Å². The zero-order chi connectivity index (χ0) is 10.9. The van der Waals surface area contributed by atoms with Gasteiger partial charge >= 0.3 is 0 Å². The summed E-state index contributed by atoms with van der Waals surface area (Å²) >= 11 is 0. The Hall–Kier alpha value is -1.65. The van der Waals surface area contributed by atoms with Gasteiger partial charge in [-0.1, -0.05) is 25.9 Å². The first-order chi connectivity index (χ1) is 7.05. The van der Waals surface area contributed by atoms with E-state index in [2.05, 4.69) is 36.0 Å². The summed E-state index contributed by atoms with van der Waals surface area (Å²) in [7, 11) is 0. The van der Waals surface area contributed by atoms with Gasteiger partial charge in [-0.25, -0.2) is 0 Å². The smallest absolute Gasteiger partial charge is 0.248 e. The maximum absolute atomic E-state index is 5.14. The number of aromatic nitrogens is 4. The zero-order valence-corrected chi connectivity index (χ0v) is 9.14. The predicted molar refractivity (Wildman–Crippen MR) is 54.3 cm³/mol. The van der Waals surface area contributed by atoms with Gasteiger partial charge in [0.1, 0.15) is 6.54 Å². The van der Waals surface area contributed by atoms with Gasteiger partial charge in [-0.2, -0.15) is 10.1 Å². The fraction of sp³-hybridized carbons (Fsp3) is 0.500. The highest BCUT2D eigenvalue weighted by atomic mass is 16.5. The van der Waals surface area contributed by atoms with Crippen molar-refractivity contribution < 1.29 is 4.52 Å². The van der Waals surface area contributed by atoms with E-state index in [9.17, 15) is 0 Å². The summed E-state index contributed by atoms with van der Waals surface area (Å²) in [4.78, 5) is 4.32. The molecule has 5 nitrogen and oxygen atoms in total. The van der Waals surface area contributed by atoms with Gasteiger partial charge in [-0.3, -0.25) is 4.68 Å². The van der Waals surface area contributed by atoms with Crippen LogP contribution in [0, 0.1) is 0 Å². The monoisotopic (exact) mass is 206 g/mol. The Morgan fingerprint density at radius 3 is 2.73 bits per heavy atom. The first kappa shape index (κ1) is 9.89. The molecule has 0 unspecified atom stereocenters. The normalized spacial score (nSPS) is 11.9. The molecule has 0 saturated heterocycles. The number of rotatable bonds is 2. The van der Waals surface area contributed by atoms with E-state index in [0.29, 0.717) is 12.4 Å². The summed E-state index contributed by atoms with van der Waals surface area (Å²) < 4.78 is 6.89. The fourth-order valence-corrected chi connectivity index (χ4v) is 1.16. The van der Waals surface area contributed by atoms with E-state index in [0.717, 1.165) is 5.82 Å². The van der Waals surface area contributed by atoms with Gasteiger partial charge in [0.15, 0.2) is 5.82 Å². The maximum atomic E-state index is 5.14. The second-order valence-electron chi connectivity index (χ2n) is 4.47. The molecule has 0 aromatic carbocycles. The number of hydrogen-bond acceptors (Lipinski definition) is 4. The summed E-state index contributed by atoms with van der Waals surface area (Å²) in [6.45, 7) is 6.68. The number of nitrogens with zero attached hydrogens (tertiary/aromatic N) is 4. The standard InChI is InChI=1S/C10H14N4O/c1-10(2,3)9-12-8(15-13-9)7-14-6-4-5-11-14/h4-6H,7H2,1-3H3. The van der Waals surface area contributed by atoms with Crippen molar-refractivity contribution in [2.45, 2.75) is 32.7 Å². The average molecular weight is 206 g/mol. The van der Waals surface area contributed by atoms with Crippen molar-refractivity contribution in [1.82, 2.24) is 19.9 Å². The van der Waals surface area contributed by atoms with Crippen LogP contribution in [0.5, 0.6) is 0 Å². The second-order valence-corrected chi connectivity index (χ2v) is 4.47. The van der Waals surface area contributed by atoms with Crippen molar-refractivity contribution in [3.05, 3.63) is 30.2 Å². The van der Waals surface area contributed by atoms with Crippen LogP contribution in [0.3, 0.4) is 0 Å². The minimum atomic E-state index is -0.0775. The van der Waals surface area contributed by atoms with E-state index in [4.69, 9.17) is 4.52 Å². The molecule has 2 rings (SSSR count). The van der Waals surface area contributed by atoms with E-state index in [1.165, 1.54) is 0 Å². The second kappa shape index (κ2) is 3.49. The highest BCUT2D eigenvalue weighted by Gasteiger charge is 2.20. The Bertz CT molecular complexity index is 424. The third-order valence-corrected chi connectivity index (χ3v) is 2.00. The minimum Gasteiger partial charge on any atom is -0.337 e. The molecule has 0 spiro atoms. The van der Waals surface area contributed by atoms with Gasteiger partial charge in [0, 0.05) is 17.8 Å². The van der Waals surface area contributed by atoms with Gasteiger partial charge < -0.3 is 4.52 Å². The van der Waals surface area contributed by atoms with E-state index >= 15 is 0 Å². The van der Waals surface area contributed by atoms with Crippen LogP contribution < -0.4 is 0 Å². The Morgan fingerprint density at radius 1 is 1.40 bits per heavy atom. The van der Waals surface area contributed by atoms with Crippen LogP contribution in [-0.4, -0.2) is 19.9 Å². The maximum Gasteiger partial charge on any atom is 0.248 e. The van der Waals surface area contributed by atoms with Gasteiger partial charge in [0.05, 0.1) is 0 Å². The molecule has 2 heterocycles. The Balaban J connectivity index is 2.15. The van der Waals surface area contributed by atoms with Gasteiger partial charge in [0.25, 0.3) is 0 Å². The molecular weight excluding hydrogens is 192 g/mol. The average Bonchev–Trinajstić information content (AvgIpc) is 2.73. The summed E-state index contributed by atoms with van der Waals surface area (Å²) in [5, 5.41) is 8.01. The van der Waals surface area contributed by atoms with Crippen LogP contribution in [0.1, 0.15) is 32.5 Å². The van der Waals surface area contributed by atoms with E-state index < -0.39 is 0 Å². The Morgan fingerprint density at radius 2 is 2.20 bits per heavy atom. The van der Waals surface area contributed by atoms with Crippen molar-refractivity contribution in [3.63, 3.8) is 0 Å². The van der Waals surface area contributed by atoms with Crippen LogP contribution in [-0.2, 0) is 12.0 Å². The molecule has 5 heteroatoms. The van der Waals surface area contributed by atoms with Crippen LogP contribution in [0.4, 0.5) is 0 Å². The summed E-state index contributed by atoms with van der Waals surface area (Å²) in [6, 6.07) is 1.86. The lowest BCUT2D eigenvalue weighted by atomic mass is 9.96. The van der Waals surface area contributed by atoms with Crippen molar-refractivity contribution in [2.24, 2.45) is 0 Å². The van der Waals surface area contributed by atoms with Gasteiger partial charge in [-0.15, -0.1) is 0 Å². The van der Waals surface area contributed by atoms with E-state index in [1.807, 2.05) is 12.3 Å². The summed E-state index contributed by atoms with van der Waals surface area (Å²) in [5.41, 5.74) is -0.0775. The van der Waals surface area contributed by atoms with Crippen LogP contribution in [0.2, 0.25) is 0 Å². The van der Waals surface area contributed by atoms with Crippen LogP contribution in [0.25, 0.3) is 0 Å². The number of hydrogen-bond donors (Lipinski definition) is 0. The van der Waals surface area contributed by atoms with Crippen molar-refractivity contribution in [3.8, 4) is 0 Å². The zero-order valence-electron chi connectivity index (χ0n) is 9.14. The molecule has 2 aromatic rings. The molecule has 80 valence electrons. The lowest BCUT2D eigenvalue weighted by Crippen LogP contribution is -2.13.